The van der Waals surface area contributed by atoms with E-state index in [2.05, 4.69) is 10.3 Å². The molecule has 16 heavy (non-hydrogen) atoms. The molecule has 0 spiro atoms. The number of halogens is 2. The highest BCUT2D eigenvalue weighted by Gasteiger charge is 2.19. The van der Waals surface area contributed by atoms with Crippen molar-refractivity contribution >= 4 is 18.1 Å². The molecule has 0 aliphatic carbocycles. The molecule has 1 saturated heterocycles. The van der Waals surface area contributed by atoms with Crippen molar-refractivity contribution in [1.29, 1.82) is 0 Å². The Morgan fingerprint density at radius 3 is 2.44 bits per heavy atom. The van der Waals surface area contributed by atoms with Gasteiger partial charge in [0.15, 0.2) is 0 Å². The lowest BCUT2D eigenvalue weighted by Gasteiger charge is -2.33. The van der Waals surface area contributed by atoms with Gasteiger partial charge in [-0.3, -0.25) is 11.3 Å². The molecular weight excluding hydrogens is 229 g/mol. The second-order valence-corrected chi connectivity index (χ2v) is 3.88. The summed E-state index contributed by atoms with van der Waals surface area (Å²) in [5.41, 5.74) is 3.47. The van der Waals surface area contributed by atoms with E-state index in [-0.39, 0.29) is 18.2 Å². The van der Waals surface area contributed by atoms with Gasteiger partial charge in [-0.15, -0.1) is 12.4 Å². The highest BCUT2D eigenvalue weighted by atomic mass is 35.5. The highest BCUT2D eigenvalue weighted by molar-refractivity contribution is 5.85. The molecule has 1 aromatic rings. The first kappa shape index (κ1) is 13.2. The van der Waals surface area contributed by atoms with Gasteiger partial charge in [0.05, 0.1) is 5.69 Å². The zero-order valence-electron chi connectivity index (χ0n) is 9.03. The first-order valence-electron chi connectivity index (χ1n) is 5.27. The summed E-state index contributed by atoms with van der Waals surface area (Å²) in [6.07, 6.45) is 1.93. The molecule has 2 rings (SSSR count). The van der Waals surface area contributed by atoms with E-state index in [9.17, 15) is 4.39 Å². The lowest BCUT2D eigenvalue weighted by Crippen LogP contribution is -2.45. The number of hydrazine groups is 1. The van der Waals surface area contributed by atoms with Crippen LogP contribution in [0.1, 0.15) is 12.8 Å². The normalized spacial score (nSPS) is 17.0. The maximum atomic E-state index is 13.5. The van der Waals surface area contributed by atoms with E-state index in [0.717, 1.165) is 25.9 Å². The van der Waals surface area contributed by atoms with Crippen LogP contribution < -0.4 is 16.2 Å². The molecule has 0 aromatic heterocycles. The van der Waals surface area contributed by atoms with Gasteiger partial charge >= 0.3 is 0 Å². The molecule has 1 fully saturated rings. The lowest BCUT2D eigenvalue weighted by atomic mass is 10.1. The number of hydrogen-bond donors (Lipinski definition) is 2. The van der Waals surface area contributed by atoms with Crippen LogP contribution in [0.5, 0.6) is 0 Å². The zero-order chi connectivity index (χ0) is 10.7. The van der Waals surface area contributed by atoms with Crippen LogP contribution in [0.3, 0.4) is 0 Å². The van der Waals surface area contributed by atoms with Crippen LogP contribution in [0, 0.1) is 5.82 Å². The summed E-state index contributed by atoms with van der Waals surface area (Å²) in [4.78, 5) is 2.07. The summed E-state index contributed by atoms with van der Waals surface area (Å²) in [5.74, 6) is 5.23. The first-order valence-corrected chi connectivity index (χ1v) is 5.27. The Morgan fingerprint density at radius 2 is 1.88 bits per heavy atom. The molecule has 0 radical (unpaired) electrons. The van der Waals surface area contributed by atoms with E-state index in [1.54, 1.807) is 6.07 Å². The topological polar surface area (TPSA) is 41.3 Å². The van der Waals surface area contributed by atoms with Gasteiger partial charge in [0.25, 0.3) is 0 Å². The number of nitrogens with two attached hydrogens (primary N) is 1. The van der Waals surface area contributed by atoms with Crippen molar-refractivity contribution in [2.24, 2.45) is 5.84 Å². The van der Waals surface area contributed by atoms with E-state index < -0.39 is 0 Å². The molecular formula is C11H17ClFN3. The molecule has 3 N–H and O–H groups in total. The summed E-state index contributed by atoms with van der Waals surface area (Å²) >= 11 is 0. The summed E-state index contributed by atoms with van der Waals surface area (Å²) in [5, 5.41) is 0. The fourth-order valence-electron chi connectivity index (χ4n) is 2.00. The Labute approximate surface area is 101 Å². The third-order valence-corrected chi connectivity index (χ3v) is 2.92. The van der Waals surface area contributed by atoms with Gasteiger partial charge in [0, 0.05) is 19.1 Å². The molecule has 0 unspecified atom stereocenters. The minimum absolute atomic E-state index is 0. The smallest absolute Gasteiger partial charge is 0.146 e. The van der Waals surface area contributed by atoms with E-state index in [1.807, 2.05) is 12.1 Å². The molecule has 5 heteroatoms. The summed E-state index contributed by atoms with van der Waals surface area (Å²) in [6, 6.07) is 7.28. The Kier molecular flexibility index (Phi) is 4.99. The first-order chi connectivity index (χ1) is 7.31. The van der Waals surface area contributed by atoms with Crippen molar-refractivity contribution in [3.63, 3.8) is 0 Å². The van der Waals surface area contributed by atoms with Crippen molar-refractivity contribution in [3.8, 4) is 0 Å². The van der Waals surface area contributed by atoms with Crippen molar-refractivity contribution < 1.29 is 4.39 Å². The van der Waals surface area contributed by atoms with Crippen molar-refractivity contribution in [3.05, 3.63) is 30.1 Å². The molecule has 1 heterocycles. The second-order valence-electron chi connectivity index (χ2n) is 3.88. The summed E-state index contributed by atoms with van der Waals surface area (Å²) in [6.45, 7) is 1.71. The molecule has 1 aliphatic rings. The van der Waals surface area contributed by atoms with Crippen molar-refractivity contribution in [2.75, 3.05) is 18.0 Å². The Bertz CT molecular complexity index is 327. The van der Waals surface area contributed by atoms with E-state index in [4.69, 9.17) is 5.84 Å². The molecule has 1 aliphatic heterocycles. The summed E-state index contributed by atoms with van der Waals surface area (Å²) in [7, 11) is 0. The monoisotopic (exact) mass is 245 g/mol. The number of benzene rings is 1. The molecule has 0 saturated carbocycles. The van der Waals surface area contributed by atoms with E-state index >= 15 is 0 Å². The van der Waals surface area contributed by atoms with Gasteiger partial charge in [-0.1, -0.05) is 12.1 Å². The van der Waals surface area contributed by atoms with Gasteiger partial charge in [0.2, 0.25) is 0 Å². The predicted molar refractivity (Wildman–Crippen MR) is 66.2 cm³/mol. The van der Waals surface area contributed by atoms with Crippen LogP contribution in [-0.2, 0) is 0 Å². The second kappa shape index (κ2) is 6.03. The van der Waals surface area contributed by atoms with Gasteiger partial charge < -0.3 is 4.90 Å². The van der Waals surface area contributed by atoms with Crippen LogP contribution >= 0.6 is 12.4 Å². The molecule has 90 valence electrons. The molecule has 3 nitrogen and oxygen atoms in total. The third kappa shape index (κ3) is 2.84. The van der Waals surface area contributed by atoms with Crippen molar-refractivity contribution in [2.45, 2.75) is 18.9 Å². The fraction of sp³-hybridized carbons (Fsp3) is 0.455. The molecule has 1 aromatic carbocycles. The standard InChI is InChI=1S/C11H16FN3.ClH/c12-10-3-1-2-4-11(10)15-7-5-9(14-13)6-8-15;/h1-4,9,14H,5-8,13H2;1H. The fourth-order valence-corrected chi connectivity index (χ4v) is 2.00. The number of nitrogens with zero attached hydrogens (tertiary/aromatic N) is 1. The minimum Gasteiger partial charge on any atom is -0.369 e. The number of para-hydroxylation sites is 1. The van der Waals surface area contributed by atoms with Gasteiger partial charge in [-0.25, -0.2) is 4.39 Å². The number of anilines is 1. The molecule has 0 atom stereocenters. The van der Waals surface area contributed by atoms with Gasteiger partial charge in [-0.05, 0) is 25.0 Å². The van der Waals surface area contributed by atoms with Crippen LogP contribution in [0.2, 0.25) is 0 Å². The maximum Gasteiger partial charge on any atom is 0.146 e. The average Bonchev–Trinajstić information content (AvgIpc) is 2.30. The maximum absolute atomic E-state index is 13.5. The highest BCUT2D eigenvalue weighted by Crippen LogP contribution is 2.22. The Hall–Kier alpha value is -0.840. The van der Waals surface area contributed by atoms with Crippen LogP contribution in [0.4, 0.5) is 10.1 Å². The summed E-state index contributed by atoms with van der Waals surface area (Å²) < 4.78 is 13.5. The number of hydrogen-bond acceptors (Lipinski definition) is 3. The van der Waals surface area contributed by atoms with Crippen molar-refractivity contribution in [1.82, 2.24) is 5.43 Å². The van der Waals surface area contributed by atoms with Crippen LogP contribution in [-0.4, -0.2) is 19.1 Å². The molecule has 0 amide bonds. The number of nitrogens with one attached hydrogen (secondary N) is 1. The zero-order valence-corrected chi connectivity index (χ0v) is 9.84. The quantitative estimate of drug-likeness (QED) is 0.615. The SMILES string of the molecule is Cl.NNC1CCN(c2ccccc2F)CC1. The number of piperidine rings is 1. The van der Waals surface area contributed by atoms with Crippen LogP contribution in [0.25, 0.3) is 0 Å². The molecule has 0 bridgehead atoms. The van der Waals surface area contributed by atoms with Gasteiger partial charge in [0.1, 0.15) is 5.82 Å². The largest absolute Gasteiger partial charge is 0.369 e. The lowest BCUT2D eigenvalue weighted by molar-refractivity contribution is 0.420. The minimum atomic E-state index is -0.142. The Morgan fingerprint density at radius 1 is 1.25 bits per heavy atom. The van der Waals surface area contributed by atoms with Crippen LogP contribution in [0.15, 0.2) is 24.3 Å². The van der Waals surface area contributed by atoms with Gasteiger partial charge in [-0.2, -0.15) is 0 Å². The third-order valence-electron chi connectivity index (χ3n) is 2.92. The average molecular weight is 246 g/mol. The van der Waals surface area contributed by atoms with E-state index in [0.29, 0.717) is 11.7 Å². The number of rotatable bonds is 2. The Balaban J connectivity index is 0.00000128. The predicted octanol–water partition coefficient (Wildman–Crippen LogP) is 1.68. The van der Waals surface area contributed by atoms with E-state index in [1.165, 1.54) is 6.07 Å².